The number of carbonyl (C=O) groups excluding carboxylic acids is 2. The van der Waals surface area contributed by atoms with Crippen LogP contribution in [0.15, 0.2) is 54.6 Å². The number of pyridine rings is 2. The Balaban J connectivity index is 0.990. The summed E-state index contributed by atoms with van der Waals surface area (Å²) >= 11 is 0. The van der Waals surface area contributed by atoms with Gasteiger partial charge >= 0.3 is 6.09 Å². The zero-order valence-electron chi connectivity index (χ0n) is 23.9. The van der Waals surface area contributed by atoms with E-state index in [1.165, 1.54) is 4.90 Å². The standard InChI is InChI=1S/C31H36N6O5/c1-20(2)36-14-12-24(17-36)41-29-8-4-7-25(33-29)22-6-3-5-21(15-22)16-32-13-11-23-18-37(31(39)42-23)27-10-9-26-30(34-27)35-28(38)19-40-26/h3-10,15,20,23-24,32H,11-14,16-19H2,1-2H3,(H,34,35,38)/t23-,24?/m0/s1. The molecule has 2 aromatic heterocycles. The van der Waals surface area contributed by atoms with Crippen molar-refractivity contribution in [3.8, 4) is 22.9 Å². The van der Waals surface area contributed by atoms with Gasteiger partial charge in [0.05, 0.1) is 12.2 Å². The lowest BCUT2D eigenvalue weighted by Crippen LogP contribution is -2.30. The van der Waals surface area contributed by atoms with E-state index in [1.807, 2.05) is 24.3 Å². The molecule has 2 fully saturated rings. The summed E-state index contributed by atoms with van der Waals surface area (Å²) in [5, 5.41) is 6.12. The van der Waals surface area contributed by atoms with Gasteiger partial charge in [-0.05, 0) is 63.1 Å². The number of hydrogen-bond donors (Lipinski definition) is 2. The summed E-state index contributed by atoms with van der Waals surface area (Å²) in [6.07, 6.45) is 1.13. The van der Waals surface area contributed by atoms with E-state index >= 15 is 0 Å². The number of hydrogen-bond acceptors (Lipinski definition) is 9. The maximum absolute atomic E-state index is 12.5. The van der Waals surface area contributed by atoms with E-state index in [-0.39, 0.29) is 24.7 Å². The second-order valence-corrected chi connectivity index (χ2v) is 11.1. The molecule has 2 atom stereocenters. The summed E-state index contributed by atoms with van der Waals surface area (Å²) in [6, 6.07) is 18.2. The zero-order valence-corrected chi connectivity index (χ0v) is 23.9. The van der Waals surface area contributed by atoms with Crippen molar-refractivity contribution in [1.82, 2.24) is 20.2 Å². The maximum atomic E-state index is 12.5. The van der Waals surface area contributed by atoms with Crippen LogP contribution in [0, 0.1) is 0 Å². The lowest BCUT2D eigenvalue weighted by atomic mass is 10.1. The van der Waals surface area contributed by atoms with Gasteiger partial charge in [-0.15, -0.1) is 0 Å². The predicted octanol–water partition coefficient (Wildman–Crippen LogP) is 3.84. The van der Waals surface area contributed by atoms with Crippen molar-refractivity contribution in [1.29, 1.82) is 0 Å². The predicted molar refractivity (Wildman–Crippen MR) is 158 cm³/mol. The number of benzene rings is 1. The Bertz CT molecular complexity index is 1450. The summed E-state index contributed by atoms with van der Waals surface area (Å²) < 4.78 is 17.1. The Labute approximate surface area is 245 Å². The molecule has 1 unspecified atom stereocenters. The average Bonchev–Trinajstić information content (AvgIpc) is 3.61. The number of likely N-dealkylation sites (tertiary alicyclic amines) is 1. The molecular formula is C31H36N6O5. The molecule has 42 heavy (non-hydrogen) atoms. The van der Waals surface area contributed by atoms with E-state index in [0.717, 1.165) is 36.3 Å². The van der Waals surface area contributed by atoms with Gasteiger partial charge in [0.25, 0.3) is 5.91 Å². The lowest BCUT2D eigenvalue weighted by Gasteiger charge is -2.20. The summed E-state index contributed by atoms with van der Waals surface area (Å²) in [4.78, 5) is 37.2. The van der Waals surface area contributed by atoms with Crippen LogP contribution in [0.1, 0.15) is 32.3 Å². The fourth-order valence-electron chi connectivity index (χ4n) is 5.43. The Morgan fingerprint density at radius 3 is 2.83 bits per heavy atom. The maximum Gasteiger partial charge on any atom is 0.415 e. The van der Waals surface area contributed by atoms with Crippen LogP contribution < -0.4 is 25.0 Å². The summed E-state index contributed by atoms with van der Waals surface area (Å²) in [5.41, 5.74) is 3.05. The monoisotopic (exact) mass is 572 g/mol. The SMILES string of the molecule is CC(C)N1CCC(Oc2cccc(-c3cccc(CNCC[C@H]4CN(c5ccc6c(n5)NC(=O)CO6)C(=O)O4)c3)n2)C1. The normalized spacial score (nSPS) is 20.3. The first-order valence-corrected chi connectivity index (χ1v) is 14.5. The molecule has 2 N–H and O–H groups in total. The zero-order chi connectivity index (χ0) is 29.1. The van der Waals surface area contributed by atoms with Gasteiger partial charge in [-0.3, -0.25) is 14.6 Å². The fraction of sp³-hybridized carbons (Fsp3) is 0.419. The van der Waals surface area contributed by atoms with Gasteiger partial charge in [-0.2, -0.15) is 0 Å². The number of carbonyl (C=O) groups is 2. The topological polar surface area (TPSA) is 118 Å². The first-order valence-electron chi connectivity index (χ1n) is 14.5. The summed E-state index contributed by atoms with van der Waals surface area (Å²) in [5.74, 6) is 1.60. The molecule has 6 rings (SSSR count). The molecule has 2 amide bonds. The second kappa shape index (κ2) is 12.3. The fourth-order valence-corrected chi connectivity index (χ4v) is 5.43. The van der Waals surface area contributed by atoms with E-state index in [9.17, 15) is 9.59 Å². The van der Waals surface area contributed by atoms with Gasteiger partial charge in [-0.25, -0.2) is 14.8 Å². The van der Waals surface area contributed by atoms with Gasteiger partial charge in [0, 0.05) is 37.3 Å². The first kappa shape index (κ1) is 27.9. The third kappa shape index (κ3) is 6.47. The van der Waals surface area contributed by atoms with Gasteiger partial charge in [0.15, 0.2) is 18.2 Å². The Morgan fingerprint density at radius 2 is 1.98 bits per heavy atom. The minimum absolute atomic E-state index is 0.0453. The van der Waals surface area contributed by atoms with E-state index in [2.05, 4.69) is 52.6 Å². The molecule has 0 aliphatic carbocycles. The number of anilines is 2. The quantitative estimate of drug-likeness (QED) is 0.349. The first-order chi connectivity index (χ1) is 20.4. The van der Waals surface area contributed by atoms with Crippen molar-refractivity contribution in [3.05, 3.63) is 60.2 Å². The molecule has 0 saturated carbocycles. The highest BCUT2D eigenvalue weighted by molar-refractivity contribution is 5.95. The van der Waals surface area contributed by atoms with Crippen molar-refractivity contribution in [3.63, 3.8) is 0 Å². The molecule has 1 aromatic carbocycles. The highest BCUT2D eigenvalue weighted by atomic mass is 16.6. The summed E-state index contributed by atoms with van der Waals surface area (Å²) in [7, 11) is 0. The van der Waals surface area contributed by atoms with E-state index < -0.39 is 6.09 Å². The Kier molecular flexibility index (Phi) is 8.20. The molecule has 0 spiro atoms. The molecule has 3 aromatic rings. The van der Waals surface area contributed by atoms with Crippen molar-refractivity contribution in [2.45, 2.75) is 51.5 Å². The second-order valence-electron chi connectivity index (χ2n) is 11.1. The van der Waals surface area contributed by atoms with Crippen LogP contribution in [0.2, 0.25) is 0 Å². The van der Waals surface area contributed by atoms with E-state index in [4.69, 9.17) is 19.2 Å². The molecule has 220 valence electrons. The van der Waals surface area contributed by atoms with Crippen molar-refractivity contribution in [2.24, 2.45) is 0 Å². The third-order valence-corrected chi connectivity index (χ3v) is 7.72. The van der Waals surface area contributed by atoms with Crippen molar-refractivity contribution in [2.75, 3.05) is 43.0 Å². The van der Waals surface area contributed by atoms with Gasteiger partial charge < -0.3 is 24.8 Å². The molecule has 11 nitrogen and oxygen atoms in total. The van der Waals surface area contributed by atoms with Crippen LogP contribution in [0.25, 0.3) is 11.3 Å². The molecule has 5 heterocycles. The van der Waals surface area contributed by atoms with Crippen LogP contribution >= 0.6 is 0 Å². The molecule has 0 radical (unpaired) electrons. The molecule has 0 bridgehead atoms. The molecule has 2 saturated heterocycles. The largest absolute Gasteiger partial charge is 0.480 e. The number of aromatic nitrogens is 2. The minimum atomic E-state index is -0.452. The van der Waals surface area contributed by atoms with Crippen LogP contribution in [-0.2, 0) is 16.1 Å². The minimum Gasteiger partial charge on any atom is -0.480 e. The third-order valence-electron chi connectivity index (χ3n) is 7.72. The highest BCUT2D eigenvalue weighted by Crippen LogP contribution is 2.30. The van der Waals surface area contributed by atoms with Gasteiger partial charge in [0.1, 0.15) is 18.0 Å². The van der Waals surface area contributed by atoms with Crippen molar-refractivity contribution < 1.29 is 23.8 Å². The number of ether oxygens (including phenoxy) is 3. The number of rotatable bonds is 10. The number of cyclic esters (lactones) is 1. The van der Waals surface area contributed by atoms with Crippen molar-refractivity contribution >= 4 is 23.6 Å². The van der Waals surface area contributed by atoms with Crippen LogP contribution in [0.3, 0.4) is 0 Å². The molecule has 11 heteroatoms. The molecule has 3 aliphatic rings. The smallest absolute Gasteiger partial charge is 0.415 e. The number of nitrogens with one attached hydrogen (secondary N) is 2. The molecular weight excluding hydrogens is 536 g/mol. The van der Waals surface area contributed by atoms with Crippen LogP contribution in [-0.4, -0.2) is 77.9 Å². The lowest BCUT2D eigenvalue weighted by molar-refractivity contribution is -0.118. The average molecular weight is 573 g/mol. The Hall–Kier alpha value is -4.22. The van der Waals surface area contributed by atoms with Crippen LogP contribution in [0.5, 0.6) is 11.6 Å². The number of amides is 2. The number of fused-ring (bicyclic) bond motifs is 1. The van der Waals surface area contributed by atoms with Crippen LogP contribution in [0.4, 0.5) is 16.4 Å². The van der Waals surface area contributed by atoms with E-state index in [1.54, 1.807) is 12.1 Å². The van der Waals surface area contributed by atoms with Gasteiger partial charge in [0.2, 0.25) is 5.88 Å². The molecule has 3 aliphatic heterocycles. The Morgan fingerprint density at radius 1 is 1.10 bits per heavy atom. The number of nitrogens with zero attached hydrogens (tertiary/aromatic N) is 4. The highest BCUT2D eigenvalue weighted by Gasteiger charge is 2.33. The van der Waals surface area contributed by atoms with E-state index in [0.29, 0.717) is 55.4 Å². The summed E-state index contributed by atoms with van der Waals surface area (Å²) in [6.45, 7) is 8.11. The van der Waals surface area contributed by atoms with Gasteiger partial charge in [-0.1, -0.05) is 24.3 Å².